The molecule has 2 atom stereocenters. The highest BCUT2D eigenvalue weighted by Gasteiger charge is 2.24. The van der Waals surface area contributed by atoms with Crippen molar-refractivity contribution in [3.63, 3.8) is 0 Å². The van der Waals surface area contributed by atoms with Gasteiger partial charge >= 0.3 is 0 Å². The van der Waals surface area contributed by atoms with E-state index in [-0.39, 0.29) is 24.3 Å². The van der Waals surface area contributed by atoms with Gasteiger partial charge in [0.1, 0.15) is 24.3 Å². The number of hydrogen-bond donors (Lipinski definition) is 1. The van der Waals surface area contributed by atoms with Gasteiger partial charge in [-0.15, -0.1) is 0 Å². The minimum absolute atomic E-state index is 0.0896. The van der Waals surface area contributed by atoms with Gasteiger partial charge in [0.2, 0.25) is 0 Å². The molecule has 28 heavy (non-hydrogen) atoms. The van der Waals surface area contributed by atoms with Crippen molar-refractivity contribution in [1.29, 1.82) is 0 Å². The molecule has 150 valence electrons. The van der Waals surface area contributed by atoms with E-state index in [0.717, 1.165) is 5.56 Å². The summed E-state index contributed by atoms with van der Waals surface area (Å²) >= 11 is 0. The third kappa shape index (κ3) is 5.61. The number of hydrogen-bond acceptors (Lipinski definition) is 5. The number of aliphatic hydroxyl groups excluding tert-OH is 1. The van der Waals surface area contributed by atoms with Crippen LogP contribution in [0.3, 0.4) is 0 Å². The highest BCUT2D eigenvalue weighted by Crippen LogP contribution is 2.23. The zero-order chi connectivity index (χ0) is 19.9. The lowest BCUT2D eigenvalue weighted by molar-refractivity contribution is -0.0460. The van der Waals surface area contributed by atoms with Crippen molar-refractivity contribution in [2.75, 3.05) is 32.8 Å². The number of β-amino-alcohol motifs (C(OH)–C–C–N with tert-alkyl or cyclic N) is 1. The number of nitrogens with zero attached hydrogens (tertiary/aromatic N) is 1. The lowest BCUT2D eigenvalue weighted by Crippen LogP contribution is -2.43. The molecule has 3 rings (SSSR count). The zero-order valence-corrected chi connectivity index (χ0v) is 16.0. The maximum Gasteiger partial charge on any atom is 0.162 e. The van der Waals surface area contributed by atoms with Crippen LogP contribution in [0.15, 0.2) is 48.5 Å². The minimum Gasteiger partial charge on any atom is -0.491 e. The van der Waals surface area contributed by atoms with Crippen LogP contribution >= 0.6 is 0 Å². The van der Waals surface area contributed by atoms with Gasteiger partial charge in [0.25, 0.3) is 0 Å². The second kappa shape index (κ2) is 9.78. The summed E-state index contributed by atoms with van der Waals surface area (Å²) < 4.78 is 24.8. The van der Waals surface area contributed by atoms with Gasteiger partial charge in [-0.05, 0) is 42.0 Å². The lowest BCUT2D eigenvalue weighted by atomic mass is 10.1. The highest BCUT2D eigenvalue weighted by atomic mass is 19.1. The predicted molar refractivity (Wildman–Crippen MR) is 104 cm³/mol. The van der Waals surface area contributed by atoms with E-state index in [9.17, 15) is 14.3 Å². The van der Waals surface area contributed by atoms with E-state index in [1.54, 1.807) is 30.3 Å². The summed E-state index contributed by atoms with van der Waals surface area (Å²) in [5, 5.41) is 10.3. The fourth-order valence-corrected chi connectivity index (χ4v) is 3.26. The van der Waals surface area contributed by atoms with Gasteiger partial charge < -0.3 is 14.6 Å². The first kappa shape index (κ1) is 20.5. The maximum atomic E-state index is 13.4. The van der Waals surface area contributed by atoms with Crippen LogP contribution in [0.25, 0.3) is 0 Å². The molecule has 6 heteroatoms. The summed E-state index contributed by atoms with van der Waals surface area (Å²) in [5.74, 6) is 0.427. The Kier molecular flexibility index (Phi) is 7.14. The highest BCUT2D eigenvalue weighted by molar-refractivity contribution is 5.95. The predicted octanol–water partition coefficient (Wildman–Crippen LogP) is 3.23. The molecule has 0 bridgehead atoms. The Labute approximate surface area is 164 Å². The van der Waals surface area contributed by atoms with Gasteiger partial charge in [0.15, 0.2) is 5.78 Å². The molecule has 0 radical (unpaired) electrons. The molecule has 5 nitrogen and oxygen atoms in total. The van der Waals surface area contributed by atoms with Crippen molar-refractivity contribution >= 4 is 5.78 Å². The first-order valence-electron chi connectivity index (χ1n) is 9.58. The van der Waals surface area contributed by atoms with Crippen LogP contribution in [0.5, 0.6) is 5.75 Å². The molecule has 0 aromatic heterocycles. The van der Waals surface area contributed by atoms with Crippen molar-refractivity contribution in [2.45, 2.75) is 25.6 Å². The maximum absolute atomic E-state index is 13.4. The molecule has 1 fully saturated rings. The van der Waals surface area contributed by atoms with Gasteiger partial charge in [-0.3, -0.25) is 9.69 Å². The molecule has 0 saturated carbocycles. The molecular weight excluding hydrogens is 361 g/mol. The van der Waals surface area contributed by atoms with E-state index < -0.39 is 6.10 Å². The standard InChI is InChI=1S/C22H26FNO4/c1-2-21(26)16-6-8-20(9-7-16)28-15-19(25)13-24-10-11-27-22(14-24)17-4-3-5-18(23)12-17/h3-9,12,19,22,25H,2,10-11,13-15H2,1H3. The lowest BCUT2D eigenvalue weighted by Gasteiger charge is -2.34. The van der Waals surface area contributed by atoms with Gasteiger partial charge in [-0.2, -0.15) is 0 Å². The summed E-state index contributed by atoms with van der Waals surface area (Å²) in [5.41, 5.74) is 1.46. The van der Waals surface area contributed by atoms with Crippen molar-refractivity contribution in [3.05, 3.63) is 65.5 Å². The van der Waals surface area contributed by atoms with Crippen molar-refractivity contribution in [2.24, 2.45) is 0 Å². The first-order valence-corrected chi connectivity index (χ1v) is 9.58. The summed E-state index contributed by atoms with van der Waals surface area (Å²) in [6.45, 7) is 4.25. The Morgan fingerprint density at radius 2 is 2.11 bits per heavy atom. The summed E-state index contributed by atoms with van der Waals surface area (Å²) in [4.78, 5) is 13.7. The Morgan fingerprint density at radius 3 is 2.82 bits per heavy atom. The number of benzene rings is 2. The average molecular weight is 387 g/mol. The number of rotatable bonds is 8. The third-order valence-electron chi connectivity index (χ3n) is 4.78. The molecule has 0 spiro atoms. The van der Waals surface area contributed by atoms with Crippen LogP contribution in [0.2, 0.25) is 0 Å². The molecule has 0 aliphatic carbocycles. The fourth-order valence-electron chi connectivity index (χ4n) is 3.26. The van der Waals surface area contributed by atoms with E-state index in [1.165, 1.54) is 12.1 Å². The average Bonchev–Trinajstić information content (AvgIpc) is 2.72. The quantitative estimate of drug-likeness (QED) is 0.705. The van der Waals surface area contributed by atoms with E-state index in [0.29, 0.717) is 44.0 Å². The summed E-state index contributed by atoms with van der Waals surface area (Å²) in [6, 6.07) is 13.4. The number of carbonyl (C=O) groups is 1. The topological polar surface area (TPSA) is 59.0 Å². The summed E-state index contributed by atoms with van der Waals surface area (Å²) in [7, 11) is 0. The number of carbonyl (C=O) groups excluding carboxylic acids is 1. The number of morpholine rings is 1. The number of ether oxygens (including phenoxy) is 2. The monoisotopic (exact) mass is 387 g/mol. The van der Waals surface area contributed by atoms with Gasteiger partial charge in [0, 0.05) is 31.6 Å². The molecule has 2 aromatic rings. The Bertz CT molecular complexity index is 780. The van der Waals surface area contributed by atoms with Gasteiger partial charge in [0.05, 0.1) is 12.7 Å². The SMILES string of the molecule is CCC(=O)c1ccc(OCC(O)CN2CCOC(c3cccc(F)c3)C2)cc1. The van der Waals surface area contributed by atoms with E-state index in [2.05, 4.69) is 4.90 Å². The van der Waals surface area contributed by atoms with Crippen LogP contribution in [-0.2, 0) is 4.74 Å². The van der Waals surface area contributed by atoms with E-state index >= 15 is 0 Å². The molecule has 1 N–H and O–H groups in total. The third-order valence-corrected chi connectivity index (χ3v) is 4.78. The van der Waals surface area contributed by atoms with Crippen molar-refractivity contribution in [3.8, 4) is 5.75 Å². The normalized spacial score (nSPS) is 18.6. The Balaban J connectivity index is 1.47. The van der Waals surface area contributed by atoms with Crippen molar-refractivity contribution < 1.29 is 23.8 Å². The molecule has 2 aromatic carbocycles. The molecular formula is C22H26FNO4. The fraction of sp³-hybridized carbons (Fsp3) is 0.409. The van der Waals surface area contributed by atoms with E-state index in [1.807, 2.05) is 13.0 Å². The largest absolute Gasteiger partial charge is 0.491 e. The minimum atomic E-state index is -0.664. The number of ketones is 1. The Hall–Kier alpha value is -2.28. The Morgan fingerprint density at radius 1 is 1.32 bits per heavy atom. The zero-order valence-electron chi connectivity index (χ0n) is 16.0. The second-order valence-corrected chi connectivity index (χ2v) is 6.94. The van der Waals surface area contributed by atoms with Crippen LogP contribution in [-0.4, -0.2) is 54.7 Å². The number of aliphatic hydroxyl groups is 1. The molecule has 1 heterocycles. The second-order valence-electron chi connectivity index (χ2n) is 6.94. The van der Waals surface area contributed by atoms with E-state index in [4.69, 9.17) is 9.47 Å². The molecule has 2 unspecified atom stereocenters. The molecule has 1 aliphatic heterocycles. The molecule has 1 aliphatic rings. The molecule has 0 amide bonds. The van der Waals surface area contributed by atoms with Crippen LogP contribution in [0, 0.1) is 5.82 Å². The van der Waals surface area contributed by atoms with Crippen LogP contribution in [0.4, 0.5) is 4.39 Å². The first-order chi connectivity index (χ1) is 13.5. The summed E-state index contributed by atoms with van der Waals surface area (Å²) in [6.07, 6.45) is -0.404. The number of halogens is 1. The number of Topliss-reactive ketones (excluding diaryl/α,β-unsaturated/α-hetero) is 1. The molecule has 1 saturated heterocycles. The van der Waals surface area contributed by atoms with Gasteiger partial charge in [-0.25, -0.2) is 4.39 Å². The van der Waals surface area contributed by atoms with Gasteiger partial charge in [-0.1, -0.05) is 19.1 Å². The van der Waals surface area contributed by atoms with Crippen molar-refractivity contribution in [1.82, 2.24) is 4.90 Å². The van der Waals surface area contributed by atoms with Crippen LogP contribution < -0.4 is 4.74 Å². The van der Waals surface area contributed by atoms with Crippen LogP contribution in [0.1, 0.15) is 35.4 Å². The smallest absolute Gasteiger partial charge is 0.162 e.